The summed E-state index contributed by atoms with van der Waals surface area (Å²) in [5, 5.41) is 3.34. The van der Waals surface area contributed by atoms with Crippen molar-refractivity contribution in [1.82, 2.24) is 10.3 Å². The van der Waals surface area contributed by atoms with Gasteiger partial charge in [0.2, 0.25) is 0 Å². The SMILES string of the molecule is CC1(C)CNCC(COc2ccncc2)O1. The van der Waals surface area contributed by atoms with E-state index in [1.807, 2.05) is 12.1 Å². The molecule has 1 N–H and O–H groups in total. The number of rotatable bonds is 3. The van der Waals surface area contributed by atoms with Crippen LogP contribution in [0, 0.1) is 0 Å². The minimum atomic E-state index is -0.107. The highest BCUT2D eigenvalue weighted by Crippen LogP contribution is 2.16. The molecule has 0 aromatic carbocycles. The number of hydrogen-bond donors (Lipinski definition) is 1. The normalized spacial score (nSPS) is 24.0. The minimum Gasteiger partial charge on any atom is -0.491 e. The summed E-state index contributed by atoms with van der Waals surface area (Å²) in [6.45, 7) is 6.46. The van der Waals surface area contributed by atoms with Gasteiger partial charge in [-0.05, 0) is 26.0 Å². The zero-order valence-electron chi connectivity index (χ0n) is 9.77. The Morgan fingerprint density at radius 1 is 1.50 bits per heavy atom. The van der Waals surface area contributed by atoms with Gasteiger partial charge in [0.25, 0.3) is 0 Å². The fourth-order valence-electron chi connectivity index (χ4n) is 1.79. The van der Waals surface area contributed by atoms with E-state index in [-0.39, 0.29) is 11.7 Å². The van der Waals surface area contributed by atoms with Gasteiger partial charge in [-0.15, -0.1) is 0 Å². The van der Waals surface area contributed by atoms with E-state index in [4.69, 9.17) is 9.47 Å². The topological polar surface area (TPSA) is 43.4 Å². The molecule has 0 radical (unpaired) electrons. The molecule has 1 aliphatic rings. The molecule has 4 heteroatoms. The van der Waals surface area contributed by atoms with E-state index in [1.54, 1.807) is 12.4 Å². The molecule has 0 bridgehead atoms. The average molecular weight is 222 g/mol. The second kappa shape index (κ2) is 4.80. The van der Waals surface area contributed by atoms with Gasteiger partial charge >= 0.3 is 0 Å². The highest BCUT2D eigenvalue weighted by molar-refractivity contribution is 5.16. The van der Waals surface area contributed by atoms with E-state index in [2.05, 4.69) is 24.1 Å². The van der Waals surface area contributed by atoms with Crippen molar-refractivity contribution in [2.24, 2.45) is 0 Å². The largest absolute Gasteiger partial charge is 0.491 e. The van der Waals surface area contributed by atoms with Gasteiger partial charge in [0, 0.05) is 25.5 Å². The van der Waals surface area contributed by atoms with Crippen molar-refractivity contribution in [2.45, 2.75) is 25.6 Å². The summed E-state index contributed by atoms with van der Waals surface area (Å²) in [4.78, 5) is 3.94. The molecule has 0 aliphatic carbocycles. The zero-order valence-corrected chi connectivity index (χ0v) is 9.77. The Bertz CT molecular complexity index is 327. The first-order chi connectivity index (χ1) is 7.66. The Labute approximate surface area is 96.0 Å². The summed E-state index contributed by atoms with van der Waals surface area (Å²) in [5.74, 6) is 0.835. The zero-order chi connectivity index (χ0) is 11.4. The van der Waals surface area contributed by atoms with Crippen molar-refractivity contribution in [2.75, 3.05) is 19.7 Å². The standard InChI is InChI=1S/C12H18N2O2/c1-12(2)9-14-7-11(16-12)8-15-10-3-5-13-6-4-10/h3-6,11,14H,7-9H2,1-2H3. The van der Waals surface area contributed by atoms with Crippen molar-refractivity contribution in [3.8, 4) is 5.75 Å². The van der Waals surface area contributed by atoms with Gasteiger partial charge in [0.05, 0.1) is 5.60 Å². The fraction of sp³-hybridized carbons (Fsp3) is 0.583. The fourth-order valence-corrected chi connectivity index (χ4v) is 1.79. The van der Waals surface area contributed by atoms with Crippen molar-refractivity contribution in [1.29, 1.82) is 0 Å². The van der Waals surface area contributed by atoms with Crippen LogP contribution in [0.15, 0.2) is 24.5 Å². The third kappa shape index (κ3) is 3.18. The lowest BCUT2D eigenvalue weighted by molar-refractivity contribution is -0.107. The molecule has 1 aromatic rings. The van der Waals surface area contributed by atoms with Crippen LogP contribution < -0.4 is 10.1 Å². The Balaban J connectivity index is 1.82. The van der Waals surface area contributed by atoms with Crippen molar-refractivity contribution in [3.63, 3.8) is 0 Å². The molecular weight excluding hydrogens is 204 g/mol. The molecule has 1 aromatic heterocycles. The minimum absolute atomic E-state index is 0.107. The summed E-state index contributed by atoms with van der Waals surface area (Å²) in [7, 11) is 0. The number of pyridine rings is 1. The smallest absolute Gasteiger partial charge is 0.122 e. The number of aromatic nitrogens is 1. The van der Waals surface area contributed by atoms with E-state index in [9.17, 15) is 0 Å². The van der Waals surface area contributed by atoms with Crippen LogP contribution in [0.5, 0.6) is 5.75 Å². The first-order valence-corrected chi connectivity index (χ1v) is 5.57. The van der Waals surface area contributed by atoms with Crippen LogP contribution in [0.1, 0.15) is 13.8 Å². The Morgan fingerprint density at radius 3 is 2.94 bits per heavy atom. The molecule has 88 valence electrons. The third-order valence-corrected chi connectivity index (χ3v) is 2.49. The number of morpholine rings is 1. The number of nitrogens with zero attached hydrogens (tertiary/aromatic N) is 1. The molecule has 4 nitrogen and oxygen atoms in total. The molecule has 0 amide bonds. The summed E-state index contributed by atoms with van der Waals surface area (Å²) >= 11 is 0. The molecule has 0 spiro atoms. The molecule has 1 fully saturated rings. The van der Waals surface area contributed by atoms with E-state index in [0.29, 0.717) is 6.61 Å². The Hall–Kier alpha value is -1.13. The molecule has 1 unspecified atom stereocenters. The molecular formula is C12H18N2O2. The van der Waals surface area contributed by atoms with Crippen molar-refractivity contribution >= 4 is 0 Å². The highest BCUT2D eigenvalue weighted by Gasteiger charge is 2.28. The Kier molecular flexibility index (Phi) is 3.41. The van der Waals surface area contributed by atoms with Gasteiger partial charge in [0.1, 0.15) is 18.5 Å². The lowest BCUT2D eigenvalue weighted by Gasteiger charge is -2.36. The predicted octanol–water partition coefficient (Wildman–Crippen LogP) is 1.23. The lowest BCUT2D eigenvalue weighted by Crippen LogP contribution is -2.52. The predicted molar refractivity (Wildman–Crippen MR) is 61.6 cm³/mol. The van der Waals surface area contributed by atoms with Crippen molar-refractivity contribution in [3.05, 3.63) is 24.5 Å². The highest BCUT2D eigenvalue weighted by atomic mass is 16.5. The van der Waals surface area contributed by atoms with Gasteiger partial charge in [-0.2, -0.15) is 0 Å². The number of nitrogens with one attached hydrogen (secondary N) is 1. The molecule has 1 aliphatic heterocycles. The molecule has 16 heavy (non-hydrogen) atoms. The lowest BCUT2D eigenvalue weighted by atomic mass is 10.1. The molecule has 0 saturated carbocycles. The summed E-state index contributed by atoms with van der Waals surface area (Å²) in [6, 6.07) is 3.70. The van der Waals surface area contributed by atoms with E-state index in [1.165, 1.54) is 0 Å². The maximum absolute atomic E-state index is 5.89. The number of ether oxygens (including phenoxy) is 2. The molecule has 2 heterocycles. The van der Waals surface area contributed by atoms with Crippen LogP contribution in [-0.2, 0) is 4.74 Å². The average Bonchev–Trinajstić information content (AvgIpc) is 2.27. The molecule has 1 atom stereocenters. The quantitative estimate of drug-likeness (QED) is 0.835. The summed E-state index contributed by atoms with van der Waals surface area (Å²) in [6.07, 6.45) is 3.55. The first kappa shape index (κ1) is 11.4. The van der Waals surface area contributed by atoms with E-state index < -0.39 is 0 Å². The monoisotopic (exact) mass is 222 g/mol. The number of hydrogen-bond acceptors (Lipinski definition) is 4. The molecule has 2 rings (SSSR count). The molecule has 1 saturated heterocycles. The van der Waals surface area contributed by atoms with Crippen LogP contribution in [0.25, 0.3) is 0 Å². The van der Waals surface area contributed by atoms with Crippen LogP contribution in [0.2, 0.25) is 0 Å². The van der Waals surface area contributed by atoms with Crippen LogP contribution in [0.3, 0.4) is 0 Å². The maximum atomic E-state index is 5.89. The van der Waals surface area contributed by atoms with Gasteiger partial charge in [-0.25, -0.2) is 0 Å². The maximum Gasteiger partial charge on any atom is 0.122 e. The first-order valence-electron chi connectivity index (χ1n) is 5.57. The Morgan fingerprint density at radius 2 is 2.25 bits per heavy atom. The van der Waals surface area contributed by atoms with Gasteiger partial charge < -0.3 is 14.8 Å². The van der Waals surface area contributed by atoms with E-state index in [0.717, 1.165) is 18.8 Å². The van der Waals surface area contributed by atoms with E-state index >= 15 is 0 Å². The van der Waals surface area contributed by atoms with Crippen LogP contribution in [-0.4, -0.2) is 36.4 Å². The summed E-state index contributed by atoms with van der Waals surface area (Å²) < 4.78 is 11.5. The van der Waals surface area contributed by atoms with Crippen LogP contribution in [0.4, 0.5) is 0 Å². The van der Waals surface area contributed by atoms with Gasteiger partial charge in [0.15, 0.2) is 0 Å². The van der Waals surface area contributed by atoms with Gasteiger partial charge in [-0.1, -0.05) is 0 Å². The third-order valence-electron chi connectivity index (χ3n) is 2.49. The van der Waals surface area contributed by atoms with Crippen molar-refractivity contribution < 1.29 is 9.47 Å². The summed E-state index contributed by atoms with van der Waals surface area (Å²) in [5.41, 5.74) is -0.107. The van der Waals surface area contributed by atoms with Gasteiger partial charge in [-0.3, -0.25) is 4.98 Å². The van der Waals surface area contributed by atoms with Crippen LogP contribution >= 0.6 is 0 Å². The second-order valence-electron chi connectivity index (χ2n) is 4.62. The second-order valence-corrected chi connectivity index (χ2v) is 4.62.